The summed E-state index contributed by atoms with van der Waals surface area (Å²) in [5.74, 6) is 5.80. The Labute approximate surface area is 126 Å². The summed E-state index contributed by atoms with van der Waals surface area (Å²) < 4.78 is 5.58. The molecule has 2 rings (SSSR count). The minimum absolute atomic E-state index is 0.0303. The quantitative estimate of drug-likeness (QED) is 0.836. The maximum atomic E-state index is 12.4. The van der Waals surface area contributed by atoms with Gasteiger partial charge in [-0.05, 0) is 43.5 Å². The fourth-order valence-electron chi connectivity index (χ4n) is 2.67. The number of nitrogens with one attached hydrogen (secondary N) is 1. The number of nitrogens with two attached hydrogens (primary N) is 1. The van der Waals surface area contributed by atoms with Gasteiger partial charge in [-0.25, -0.2) is 0 Å². The van der Waals surface area contributed by atoms with Gasteiger partial charge in [0.15, 0.2) is 0 Å². The summed E-state index contributed by atoms with van der Waals surface area (Å²) in [6.07, 6.45) is 1.68. The minimum Gasteiger partial charge on any atom is -0.377 e. The van der Waals surface area contributed by atoms with E-state index in [-0.39, 0.29) is 17.9 Å². The molecule has 1 fully saturated rings. The number of carbonyl (C=O) groups excluding carboxylic acids is 1. The molecule has 4 heteroatoms. The zero-order valence-corrected chi connectivity index (χ0v) is 12.6. The Hall–Kier alpha value is -1.83. The molecule has 1 amide bonds. The van der Waals surface area contributed by atoms with E-state index < -0.39 is 0 Å². The van der Waals surface area contributed by atoms with Crippen molar-refractivity contribution in [1.29, 1.82) is 0 Å². The third-order valence-corrected chi connectivity index (χ3v) is 3.63. The number of aryl methyl sites for hydroxylation is 1. The molecule has 1 aromatic rings. The van der Waals surface area contributed by atoms with Crippen LogP contribution in [0.2, 0.25) is 0 Å². The van der Waals surface area contributed by atoms with E-state index in [4.69, 9.17) is 10.5 Å². The first kappa shape index (κ1) is 15.6. The molecule has 2 unspecified atom stereocenters. The Morgan fingerprint density at radius 1 is 1.48 bits per heavy atom. The Morgan fingerprint density at radius 2 is 2.29 bits per heavy atom. The molecule has 0 aromatic heterocycles. The van der Waals surface area contributed by atoms with Crippen LogP contribution in [0.15, 0.2) is 18.2 Å². The molecular formula is C17H22N2O2. The van der Waals surface area contributed by atoms with E-state index in [2.05, 4.69) is 17.2 Å². The summed E-state index contributed by atoms with van der Waals surface area (Å²) in [5, 5.41) is 2.99. The molecule has 0 radical (unpaired) electrons. The number of anilines is 1. The molecule has 21 heavy (non-hydrogen) atoms. The summed E-state index contributed by atoms with van der Waals surface area (Å²) in [5.41, 5.74) is 8.10. The number of rotatable bonds is 3. The number of benzene rings is 1. The highest BCUT2D eigenvalue weighted by Crippen LogP contribution is 2.25. The molecule has 4 nitrogen and oxygen atoms in total. The van der Waals surface area contributed by atoms with Crippen molar-refractivity contribution in [3.8, 4) is 11.8 Å². The van der Waals surface area contributed by atoms with Crippen molar-refractivity contribution >= 4 is 11.6 Å². The standard InChI is InChI=1S/C17H22N2O2/c1-3-16-15(6-8-21-16)17(20)19-14-10-12(2)9-13(11-14)5-4-7-18/h9-11,15-16H,3,6-8,18H2,1-2H3,(H,19,20). The minimum atomic E-state index is -0.0610. The summed E-state index contributed by atoms with van der Waals surface area (Å²) in [4.78, 5) is 12.4. The topological polar surface area (TPSA) is 64.3 Å². The second-order valence-electron chi connectivity index (χ2n) is 5.30. The zero-order valence-electron chi connectivity index (χ0n) is 12.6. The van der Waals surface area contributed by atoms with Crippen molar-refractivity contribution in [1.82, 2.24) is 0 Å². The molecule has 1 aliphatic heterocycles. The summed E-state index contributed by atoms with van der Waals surface area (Å²) >= 11 is 0. The average Bonchev–Trinajstić information content (AvgIpc) is 2.93. The van der Waals surface area contributed by atoms with E-state index in [9.17, 15) is 4.79 Å². The van der Waals surface area contributed by atoms with Gasteiger partial charge in [0.2, 0.25) is 5.91 Å². The smallest absolute Gasteiger partial charge is 0.230 e. The van der Waals surface area contributed by atoms with E-state index >= 15 is 0 Å². The van der Waals surface area contributed by atoms with Gasteiger partial charge < -0.3 is 15.8 Å². The second kappa shape index (κ2) is 7.26. The van der Waals surface area contributed by atoms with Gasteiger partial charge in [-0.15, -0.1) is 0 Å². The number of amides is 1. The number of hydrogen-bond acceptors (Lipinski definition) is 3. The summed E-state index contributed by atoms with van der Waals surface area (Å²) in [6, 6.07) is 5.80. The largest absolute Gasteiger partial charge is 0.377 e. The van der Waals surface area contributed by atoms with E-state index in [1.165, 1.54) is 0 Å². The van der Waals surface area contributed by atoms with Crippen LogP contribution in [-0.4, -0.2) is 25.2 Å². The maximum Gasteiger partial charge on any atom is 0.230 e. The molecule has 1 aromatic carbocycles. The predicted octanol–water partition coefficient (Wildman–Crippen LogP) is 2.06. The van der Waals surface area contributed by atoms with Crippen LogP contribution in [0, 0.1) is 24.7 Å². The Morgan fingerprint density at radius 3 is 3.00 bits per heavy atom. The Bertz CT molecular complexity index is 572. The van der Waals surface area contributed by atoms with Gasteiger partial charge >= 0.3 is 0 Å². The zero-order chi connectivity index (χ0) is 15.2. The van der Waals surface area contributed by atoms with Gasteiger partial charge in [-0.3, -0.25) is 4.79 Å². The maximum absolute atomic E-state index is 12.4. The molecule has 3 N–H and O–H groups in total. The predicted molar refractivity (Wildman–Crippen MR) is 83.9 cm³/mol. The van der Waals surface area contributed by atoms with Crippen LogP contribution in [-0.2, 0) is 9.53 Å². The normalized spacial score (nSPS) is 20.7. The van der Waals surface area contributed by atoms with Crippen molar-refractivity contribution in [3.05, 3.63) is 29.3 Å². The fourth-order valence-corrected chi connectivity index (χ4v) is 2.67. The SMILES string of the molecule is CCC1OCCC1C(=O)Nc1cc(C)cc(C#CCN)c1. The van der Waals surface area contributed by atoms with Gasteiger partial charge in [0.05, 0.1) is 18.6 Å². The Kier molecular flexibility index (Phi) is 5.38. The highest BCUT2D eigenvalue weighted by atomic mass is 16.5. The molecule has 1 heterocycles. The van der Waals surface area contributed by atoms with Gasteiger partial charge in [0.1, 0.15) is 0 Å². The third kappa shape index (κ3) is 4.07. The monoisotopic (exact) mass is 286 g/mol. The van der Waals surface area contributed by atoms with Crippen LogP contribution in [0.5, 0.6) is 0 Å². The summed E-state index contributed by atoms with van der Waals surface area (Å²) in [7, 11) is 0. The summed E-state index contributed by atoms with van der Waals surface area (Å²) in [6.45, 7) is 5.02. The molecule has 1 saturated heterocycles. The van der Waals surface area contributed by atoms with Crippen LogP contribution >= 0.6 is 0 Å². The van der Waals surface area contributed by atoms with Gasteiger partial charge in [0.25, 0.3) is 0 Å². The Balaban J connectivity index is 2.11. The highest BCUT2D eigenvalue weighted by Gasteiger charge is 2.32. The molecule has 0 spiro atoms. The van der Waals surface area contributed by atoms with Crippen molar-refractivity contribution < 1.29 is 9.53 Å². The van der Waals surface area contributed by atoms with Gasteiger partial charge in [-0.2, -0.15) is 0 Å². The van der Waals surface area contributed by atoms with Crippen LogP contribution in [0.4, 0.5) is 5.69 Å². The van der Waals surface area contributed by atoms with Crippen molar-refractivity contribution in [3.63, 3.8) is 0 Å². The van der Waals surface area contributed by atoms with Crippen LogP contribution < -0.4 is 11.1 Å². The number of carbonyl (C=O) groups is 1. The lowest BCUT2D eigenvalue weighted by molar-refractivity contribution is -0.121. The number of ether oxygens (including phenoxy) is 1. The molecule has 0 saturated carbocycles. The molecule has 112 valence electrons. The van der Waals surface area contributed by atoms with E-state index in [1.54, 1.807) is 0 Å². The lowest BCUT2D eigenvalue weighted by Gasteiger charge is -2.16. The van der Waals surface area contributed by atoms with Gasteiger partial charge in [0, 0.05) is 17.9 Å². The first-order chi connectivity index (χ1) is 10.1. The van der Waals surface area contributed by atoms with E-state index in [1.807, 2.05) is 32.0 Å². The average molecular weight is 286 g/mol. The molecule has 2 atom stereocenters. The molecule has 0 bridgehead atoms. The highest BCUT2D eigenvalue weighted by molar-refractivity contribution is 5.93. The lowest BCUT2D eigenvalue weighted by atomic mass is 9.98. The molecular weight excluding hydrogens is 264 g/mol. The van der Waals surface area contributed by atoms with E-state index in [0.717, 1.165) is 29.7 Å². The first-order valence-corrected chi connectivity index (χ1v) is 7.37. The third-order valence-electron chi connectivity index (χ3n) is 3.63. The first-order valence-electron chi connectivity index (χ1n) is 7.37. The van der Waals surface area contributed by atoms with Gasteiger partial charge in [-0.1, -0.05) is 18.8 Å². The number of hydrogen-bond donors (Lipinski definition) is 2. The molecule has 0 aliphatic carbocycles. The lowest BCUT2D eigenvalue weighted by Crippen LogP contribution is -2.29. The van der Waals surface area contributed by atoms with Crippen LogP contribution in [0.3, 0.4) is 0 Å². The van der Waals surface area contributed by atoms with Crippen molar-refractivity contribution in [2.45, 2.75) is 32.8 Å². The van der Waals surface area contributed by atoms with Crippen molar-refractivity contribution in [2.24, 2.45) is 11.7 Å². The van der Waals surface area contributed by atoms with Crippen LogP contribution in [0.25, 0.3) is 0 Å². The second-order valence-corrected chi connectivity index (χ2v) is 5.30. The van der Waals surface area contributed by atoms with E-state index in [0.29, 0.717) is 13.2 Å². The van der Waals surface area contributed by atoms with Crippen molar-refractivity contribution in [2.75, 3.05) is 18.5 Å². The van der Waals surface area contributed by atoms with Crippen LogP contribution in [0.1, 0.15) is 30.9 Å². The fraction of sp³-hybridized carbons (Fsp3) is 0.471. The molecule has 1 aliphatic rings.